The zero-order valence-electron chi connectivity index (χ0n) is 14.7. The maximum absolute atomic E-state index is 12.5. The number of para-hydroxylation sites is 1. The van der Waals surface area contributed by atoms with Crippen molar-refractivity contribution >= 4 is 29.4 Å². The summed E-state index contributed by atoms with van der Waals surface area (Å²) in [5, 5.41) is 18.3. The third-order valence-electron chi connectivity index (χ3n) is 4.29. The summed E-state index contributed by atoms with van der Waals surface area (Å²) in [7, 11) is 0. The lowest BCUT2D eigenvalue weighted by Gasteiger charge is -2.31. The summed E-state index contributed by atoms with van der Waals surface area (Å²) in [6, 6.07) is 10.5. The fourth-order valence-corrected chi connectivity index (χ4v) is 2.98. The van der Waals surface area contributed by atoms with E-state index in [1.54, 1.807) is 23.1 Å². The zero-order chi connectivity index (χ0) is 19.2. The number of amides is 3. The molecule has 3 rings (SSSR count). The molecule has 3 amide bonds. The maximum atomic E-state index is 12.5. The number of hydrogen-bond donors (Lipinski definition) is 3. The van der Waals surface area contributed by atoms with Crippen molar-refractivity contribution in [1.82, 2.24) is 14.7 Å². The summed E-state index contributed by atoms with van der Waals surface area (Å²) in [5.74, 6) is -1.28. The zero-order valence-corrected chi connectivity index (χ0v) is 14.7. The van der Waals surface area contributed by atoms with Gasteiger partial charge in [0, 0.05) is 31.0 Å². The fraction of sp³-hybridized carbons (Fsp3) is 0.333. The molecule has 142 valence electrons. The van der Waals surface area contributed by atoms with Crippen molar-refractivity contribution < 1.29 is 19.5 Å². The van der Waals surface area contributed by atoms with E-state index >= 15 is 0 Å². The molecule has 9 heteroatoms. The first-order chi connectivity index (χ1) is 13.0. The second-order valence-electron chi connectivity index (χ2n) is 6.36. The third kappa shape index (κ3) is 5.06. The lowest BCUT2D eigenvalue weighted by molar-refractivity contribution is -0.137. The van der Waals surface area contributed by atoms with Gasteiger partial charge in [0.15, 0.2) is 5.82 Å². The van der Waals surface area contributed by atoms with Crippen LogP contribution in [-0.2, 0) is 16.1 Å². The third-order valence-corrected chi connectivity index (χ3v) is 4.29. The van der Waals surface area contributed by atoms with Crippen LogP contribution in [0.3, 0.4) is 0 Å². The van der Waals surface area contributed by atoms with Crippen molar-refractivity contribution in [2.45, 2.75) is 19.4 Å². The number of hydrogen-bond acceptors (Lipinski definition) is 4. The van der Waals surface area contributed by atoms with E-state index in [0.29, 0.717) is 31.0 Å². The molecule has 0 saturated carbocycles. The Morgan fingerprint density at radius 2 is 1.93 bits per heavy atom. The van der Waals surface area contributed by atoms with Crippen LogP contribution in [0.2, 0.25) is 0 Å². The van der Waals surface area contributed by atoms with Crippen molar-refractivity contribution in [3.8, 4) is 0 Å². The number of aliphatic carboxylic acids is 1. The minimum Gasteiger partial charge on any atom is -0.480 e. The van der Waals surface area contributed by atoms with Crippen molar-refractivity contribution in [2.24, 2.45) is 5.92 Å². The van der Waals surface area contributed by atoms with Crippen LogP contribution < -0.4 is 10.6 Å². The van der Waals surface area contributed by atoms with E-state index in [9.17, 15) is 14.4 Å². The highest BCUT2D eigenvalue weighted by atomic mass is 16.4. The number of benzene rings is 1. The molecule has 0 radical (unpaired) electrons. The van der Waals surface area contributed by atoms with E-state index in [2.05, 4.69) is 15.7 Å². The minimum atomic E-state index is -1.01. The van der Waals surface area contributed by atoms with E-state index in [4.69, 9.17) is 5.11 Å². The van der Waals surface area contributed by atoms with Gasteiger partial charge in [-0.25, -0.2) is 4.79 Å². The minimum absolute atomic E-state index is 0.229. The summed E-state index contributed by atoms with van der Waals surface area (Å²) in [6.45, 7) is 0.642. The molecule has 2 heterocycles. The molecule has 1 saturated heterocycles. The molecular formula is C18H21N5O4. The number of carboxylic acids is 1. The number of carbonyl (C=O) groups excluding carboxylic acids is 2. The molecule has 0 spiro atoms. The lowest BCUT2D eigenvalue weighted by atomic mass is 9.97. The van der Waals surface area contributed by atoms with Crippen LogP contribution in [0.25, 0.3) is 0 Å². The second-order valence-corrected chi connectivity index (χ2v) is 6.36. The Bertz CT molecular complexity index is 820. The van der Waals surface area contributed by atoms with E-state index in [-0.39, 0.29) is 24.4 Å². The summed E-state index contributed by atoms with van der Waals surface area (Å²) >= 11 is 0. The standard InChI is InChI=1S/C18H21N5O4/c24-16(25)12-23-10-8-15(21-23)20-17(26)13-5-4-9-22(11-13)18(27)19-14-6-2-1-3-7-14/h1-3,6-8,10,13H,4-5,9,11-12H2,(H,19,27)(H,24,25)(H,20,21,26). The normalized spacial score (nSPS) is 16.6. The number of nitrogens with one attached hydrogen (secondary N) is 2. The number of carbonyl (C=O) groups is 3. The van der Waals surface area contributed by atoms with Crippen LogP contribution in [0, 0.1) is 5.92 Å². The lowest BCUT2D eigenvalue weighted by Crippen LogP contribution is -2.45. The number of nitrogens with zero attached hydrogens (tertiary/aromatic N) is 3. The van der Waals surface area contributed by atoms with Crippen LogP contribution in [0.4, 0.5) is 16.3 Å². The van der Waals surface area contributed by atoms with E-state index in [0.717, 1.165) is 6.42 Å². The van der Waals surface area contributed by atoms with Gasteiger partial charge < -0.3 is 20.6 Å². The van der Waals surface area contributed by atoms with Gasteiger partial charge in [0.1, 0.15) is 6.54 Å². The van der Waals surface area contributed by atoms with Gasteiger partial charge in [0.25, 0.3) is 0 Å². The van der Waals surface area contributed by atoms with E-state index in [1.807, 2.05) is 18.2 Å². The predicted molar refractivity (Wildman–Crippen MR) is 98.3 cm³/mol. The Kier molecular flexibility index (Phi) is 5.70. The van der Waals surface area contributed by atoms with Gasteiger partial charge in [-0.05, 0) is 25.0 Å². The largest absolute Gasteiger partial charge is 0.480 e. The quantitative estimate of drug-likeness (QED) is 0.742. The van der Waals surface area contributed by atoms with Crippen LogP contribution in [0.1, 0.15) is 12.8 Å². The monoisotopic (exact) mass is 371 g/mol. The average Bonchev–Trinajstić information content (AvgIpc) is 3.08. The molecule has 1 aliphatic rings. The highest BCUT2D eigenvalue weighted by molar-refractivity contribution is 5.93. The molecular weight excluding hydrogens is 350 g/mol. The summed E-state index contributed by atoms with van der Waals surface area (Å²) in [5.41, 5.74) is 0.707. The predicted octanol–water partition coefficient (Wildman–Crippen LogP) is 1.85. The van der Waals surface area contributed by atoms with Crippen LogP contribution in [-0.4, -0.2) is 50.8 Å². The summed E-state index contributed by atoms with van der Waals surface area (Å²) in [4.78, 5) is 37.2. The van der Waals surface area contributed by atoms with Crippen molar-refractivity contribution in [1.29, 1.82) is 0 Å². The van der Waals surface area contributed by atoms with E-state index in [1.165, 1.54) is 10.9 Å². The summed E-state index contributed by atoms with van der Waals surface area (Å²) < 4.78 is 1.23. The molecule has 27 heavy (non-hydrogen) atoms. The molecule has 1 aromatic heterocycles. The first-order valence-corrected chi connectivity index (χ1v) is 8.68. The number of piperidine rings is 1. The second kappa shape index (κ2) is 8.35. The highest BCUT2D eigenvalue weighted by Crippen LogP contribution is 2.19. The van der Waals surface area contributed by atoms with Crippen LogP contribution in [0.15, 0.2) is 42.6 Å². The number of carboxylic acid groups (broad SMARTS) is 1. The molecule has 0 aliphatic carbocycles. The first kappa shape index (κ1) is 18.4. The first-order valence-electron chi connectivity index (χ1n) is 8.68. The molecule has 9 nitrogen and oxygen atoms in total. The van der Waals surface area contributed by atoms with Gasteiger partial charge in [0.05, 0.1) is 5.92 Å². The van der Waals surface area contributed by atoms with Gasteiger partial charge in [-0.1, -0.05) is 18.2 Å². The molecule has 1 atom stereocenters. The van der Waals surface area contributed by atoms with Gasteiger partial charge in [-0.2, -0.15) is 5.10 Å². The number of likely N-dealkylation sites (tertiary alicyclic amines) is 1. The summed E-state index contributed by atoms with van der Waals surface area (Å²) in [6.07, 6.45) is 2.90. The van der Waals surface area contributed by atoms with Crippen LogP contribution in [0.5, 0.6) is 0 Å². The van der Waals surface area contributed by atoms with Crippen molar-refractivity contribution in [3.63, 3.8) is 0 Å². The molecule has 3 N–H and O–H groups in total. The average molecular weight is 371 g/mol. The highest BCUT2D eigenvalue weighted by Gasteiger charge is 2.28. The SMILES string of the molecule is O=C(O)Cn1ccc(NC(=O)C2CCCN(C(=O)Nc3ccccc3)C2)n1. The Hall–Kier alpha value is -3.36. The van der Waals surface area contributed by atoms with Crippen molar-refractivity contribution in [2.75, 3.05) is 23.7 Å². The molecule has 2 aromatic rings. The Morgan fingerprint density at radius 1 is 1.15 bits per heavy atom. The molecule has 1 aromatic carbocycles. The molecule has 1 fully saturated rings. The number of anilines is 2. The smallest absolute Gasteiger partial charge is 0.325 e. The number of rotatable bonds is 5. The fourth-order valence-electron chi connectivity index (χ4n) is 2.98. The molecule has 1 unspecified atom stereocenters. The Labute approximate surface area is 156 Å². The van der Waals surface area contributed by atoms with Crippen molar-refractivity contribution in [3.05, 3.63) is 42.6 Å². The Balaban J connectivity index is 1.55. The topological polar surface area (TPSA) is 117 Å². The molecule has 1 aliphatic heterocycles. The van der Waals surface area contributed by atoms with Gasteiger partial charge in [0.2, 0.25) is 5.91 Å². The van der Waals surface area contributed by atoms with Gasteiger partial charge >= 0.3 is 12.0 Å². The maximum Gasteiger partial charge on any atom is 0.325 e. The Morgan fingerprint density at radius 3 is 2.67 bits per heavy atom. The van der Waals surface area contributed by atoms with Gasteiger partial charge in [-0.3, -0.25) is 14.3 Å². The van der Waals surface area contributed by atoms with Crippen LogP contribution >= 0.6 is 0 Å². The molecule has 0 bridgehead atoms. The number of aromatic nitrogens is 2. The number of urea groups is 1. The van der Waals surface area contributed by atoms with Gasteiger partial charge in [-0.15, -0.1) is 0 Å². The van der Waals surface area contributed by atoms with E-state index < -0.39 is 5.97 Å².